The zero-order valence-corrected chi connectivity index (χ0v) is 29.2. The van der Waals surface area contributed by atoms with Gasteiger partial charge in [-0.1, -0.05) is 42.5 Å². The molecule has 4 aromatic carbocycles. The van der Waals surface area contributed by atoms with E-state index >= 15 is 0 Å². The van der Waals surface area contributed by atoms with Gasteiger partial charge in [-0.2, -0.15) is 0 Å². The number of Topliss-reactive ketones (excluding diaryl/α,β-unsaturated/α-hetero) is 1. The lowest BCUT2D eigenvalue weighted by Gasteiger charge is -2.42. The third-order valence-corrected chi connectivity index (χ3v) is 10.6. The maximum atomic E-state index is 13.6. The number of benzene rings is 4. The number of ether oxygens (including phenoxy) is 3. The zero-order chi connectivity index (χ0) is 38.6. The zero-order valence-electron chi connectivity index (χ0n) is 28.4. The molecule has 0 saturated carbocycles. The second kappa shape index (κ2) is 14.2. The second-order valence-electron chi connectivity index (χ2n) is 13.1. The fraction of sp³-hybridized carbons (Fsp3) is 0.324. The molecule has 0 amide bonds. The fourth-order valence-electron chi connectivity index (χ4n) is 7.07. The largest absolute Gasteiger partial charge is 0.744 e. The summed E-state index contributed by atoms with van der Waals surface area (Å²) >= 11 is 0. The maximum Gasteiger partial charge on any atom is 0.202 e. The van der Waals surface area contributed by atoms with Crippen molar-refractivity contribution in [2.75, 3.05) is 13.7 Å². The van der Waals surface area contributed by atoms with Crippen molar-refractivity contribution >= 4 is 38.2 Å². The first kappa shape index (κ1) is 38.0. The van der Waals surface area contributed by atoms with E-state index in [1.54, 1.807) is 25.1 Å². The summed E-state index contributed by atoms with van der Waals surface area (Å²) in [7, 11) is -3.02. The molecule has 0 unspecified atom stereocenters. The van der Waals surface area contributed by atoms with Crippen molar-refractivity contribution in [2.45, 2.75) is 67.3 Å². The first-order chi connectivity index (χ1) is 25.0. The second-order valence-corrected chi connectivity index (χ2v) is 14.5. The van der Waals surface area contributed by atoms with Crippen LogP contribution >= 0.6 is 0 Å². The van der Waals surface area contributed by atoms with Crippen LogP contribution in [0.5, 0.6) is 17.2 Å². The number of methoxy groups -OCH3 is 1. The highest BCUT2D eigenvalue weighted by molar-refractivity contribution is 7.85. The highest BCUT2D eigenvalue weighted by Crippen LogP contribution is 2.52. The van der Waals surface area contributed by atoms with E-state index < -0.39 is 106 Å². The topological polar surface area (TPSA) is 263 Å². The Morgan fingerprint density at radius 1 is 1.00 bits per heavy atom. The molecule has 7 N–H and O–H groups in total. The SMILES string of the molecule is COc1cccc2c1C(=O)c1c(O)c3c(c(O)c1C2=O)C[C@@](O)(C(=O)CO)C[C@@H]3O[C@H]1C[C@H](N)[C@H](O)[C@H](C)O1.O=S(=O)([O-])c1ccc2ccccc2c1. The number of carbonyl (C=O) groups is 3. The van der Waals surface area contributed by atoms with Crippen molar-refractivity contribution in [1.82, 2.24) is 0 Å². The minimum atomic E-state index is -4.34. The van der Waals surface area contributed by atoms with Gasteiger partial charge in [0.1, 0.15) is 39.6 Å². The molecule has 1 aliphatic heterocycles. The molecule has 280 valence electrons. The van der Waals surface area contributed by atoms with Gasteiger partial charge in [-0.3, -0.25) is 14.4 Å². The van der Waals surface area contributed by atoms with Crippen LogP contribution in [0.3, 0.4) is 0 Å². The number of aromatic hydroxyl groups is 2. The molecule has 2 aliphatic carbocycles. The van der Waals surface area contributed by atoms with E-state index in [-0.39, 0.29) is 39.3 Å². The number of phenolic OH excluding ortho intramolecular Hbond substituents is 2. The molecule has 7 rings (SSSR count). The Balaban J connectivity index is 0.000000286. The van der Waals surface area contributed by atoms with Gasteiger partial charge in [0.25, 0.3) is 0 Å². The number of aliphatic hydroxyl groups excluding tert-OH is 2. The maximum absolute atomic E-state index is 13.6. The summed E-state index contributed by atoms with van der Waals surface area (Å²) in [4.78, 5) is 39.6. The van der Waals surface area contributed by atoms with Crippen LogP contribution < -0.4 is 10.5 Å². The molecule has 3 aliphatic rings. The van der Waals surface area contributed by atoms with Gasteiger partial charge in [0.05, 0.1) is 47.0 Å². The van der Waals surface area contributed by atoms with Crippen LogP contribution in [0, 0.1) is 0 Å². The van der Waals surface area contributed by atoms with Crippen LogP contribution in [0.15, 0.2) is 65.6 Å². The lowest BCUT2D eigenvalue weighted by atomic mass is 9.72. The summed E-state index contributed by atoms with van der Waals surface area (Å²) in [5.41, 5.74) is 2.37. The Hall–Kier alpha value is -4.78. The van der Waals surface area contributed by atoms with Crippen LogP contribution in [0.1, 0.15) is 68.8 Å². The molecule has 53 heavy (non-hydrogen) atoms. The van der Waals surface area contributed by atoms with E-state index in [1.807, 2.05) is 12.1 Å². The lowest BCUT2D eigenvalue weighted by molar-refractivity contribution is -0.247. The fourth-order valence-corrected chi connectivity index (χ4v) is 7.58. The molecule has 0 bridgehead atoms. The van der Waals surface area contributed by atoms with Crippen LogP contribution in [0.2, 0.25) is 0 Å². The van der Waals surface area contributed by atoms with Crippen LogP contribution in [0.4, 0.5) is 0 Å². The monoisotopic (exact) mass is 750 g/mol. The number of hydrogen-bond acceptors (Lipinski definition) is 15. The van der Waals surface area contributed by atoms with E-state index in [0.717, 1.165) is 10.8 Å². The Kier molecular flexibility index (Phi) is 10.2. The van der Waals surface area contributed by atoms with Crippen molar-refractivity contribution in [1.29, 1.82) is 0 Å². The molecule has 6 atom stereocenters. The van der Waals surface area contributed by atoms with Crippen molar-refractivity contribution in [2.24, 2.45) is 5.73 Å². The lowest BCUT2D eigenvalue weighted by Crippen LogP contribution is -2.53. The number of phenols is 2. The number of aliphatic hydroxyl groups is 3. The molecule has 15 nitrogen and oxygen atoms in total. The van der Waals surface area contributed by atoms with Crippen molar-refractivity contribution in [3.05, 3.63) is 94.0 Å². The third-order valence-electron chi connectivity index (χ3n) is 9.81. The van der Waals surface area contributed by atoms with Gasteiger partial charge in [-0.15, -0.1) is 0 Å². The van der Waals surface area contributed by atoms with Crippen molar-refractivity contribution in [3.8, 4) is 17.2 Å². The minimum Gasteiger partial charge on any atom is -0.744 e. The summed E-state index contributed by atoms with van der Waals surface area (Å²) in [6.45, 7) is 0.560. The van der Waals surface area contributed by atoms with Gasteiger partial charge in [0.15, 0.2) is 17.9 Å². The molecule has 0 aromatic heterocycles. The standard InChI is InChI=1S/C27H29NO11.C10H8O3S/c1-10-22(31)13(28)6-17(38-10)39-15-8-27(36,16(30)9-29)7-12-19(15)26(35)21-20(24(12)33)23(32)11-4-3-5-14(37-2)18(11)25(21)34;11-14(12,13)10-6-5-8-3-1-2-4-9(8)7-10/h3-5,10,13,15,17,22,29,31,33,35-36H,6-9,28H2,1-2H3;1-7H,(H,11,12,13)/p-1/t10-,13-,15-,17-,22+,27-;/m0./s1. The number of hydrogen-bond donors (Lipinski definition) is 6. The number of fused-ring (bicyclic) bond motifs is 4. The minimum absolute atomic E-state index is 0.0173. The van der Waals surface area contributed by atoms with Gasteiger partial charge >= 0.3 is 0 Å². The van der Waals surface area contributed by atoms with Gasteiger partial charge < -0.3 is 50.0 Å². The molecule has 1 saturated heterocycles. The Morgan fingerprint density at radius 2 is 1.68 bits per heavy atom. The quantitative estimate of drug-likeness (QED) is 0.107. The van der Waals surface area contributed by atoms with E-state index in [2.05, 4.69) is 0 Å². The summed E-state index contributed by atoms with van der Waals surface area (Å²) in [6.07, 6.45) is -5.12. The smallest absolute Gasteiger partial charge is 0.202 e. The van der Waals surface area contributed by atoms with E-state index in [1.165, 1.54) is 37.4 Å². The van der Waals surface area contributed by atoms with Crippen molar-refractivity contribution < 1.29 is 67.1 Å². The highest BCUT2D eigenvalue weighted by Gasteiger charge is 2.50. The summed E-state index contributed by atoms with van der Waals surface area (Å²) in [5.74, 6) is -3.77. The molecular weight excluding hydrogens is 714 g/mol. The van der Waals surface area contributed by atoms with E-state index in [9.17, 15) is 52.9 Å². The van der Waals surface area contributed by atoms with Gasteiger partial charge in [-0.25, -0.2) is 8.42 Å². The van der Waals surface area contributed by atoms with Gasteiger partial charge in [0.2, 0.25) is 5.78 Å². The van der Waals surface area contributed by atoms with Crippen molar-refractivity contribution in [3.63, 3.8) is 0 Å². The normalized spacial score (nSPS) is 25.1. The highest BCUT2D eigenvalue weighted by atomic mass is 32.2. The molecule has 0 radical (unpaired) electrons. The Labute approximate surface area is 302 Å². The molecule has 16 heteroatoms. The number of rotatable bonds is 6. The average Bonchev–Trinajstić information content (AvgIpc) is 3.13. The Morgan fingerprint density at radius 3 is 2.32 bits per heavy atom. The van der Waals surface area contributed by atoms with Gasteiger partial charge in [-0.05, 0) is 35.9 Å². The first-order valence-electron chi connectivity index (χ1n) is 16.4. The van der Waals surface area contributed by atoms with Crippen LogP contribution in [-0.2, 0) is 30.8 Å². The van der Waals surface area contributed by atoms with Gasteiger partial charge in [0, 0.05) is 42.0 Å². The predicted octanol–water partition coefficient (Wildman–Crippen LogP) is 1.75. The summed E-state index contributed by atoms with van der Waals surface area (Å²) in [6, 6.07) is 15.2. The third kappa shape index (κ3) is 6.79. The summed E-state index contributed by atoms with van der Waals surface area (Å²) in [5, 5.41) is 55.4. The van der Waals surface area contributed by atoms with Crippen LogP contribution in [0.25, 0.3) is 10.8 Å². The van der Waals surface area contributed by atoms with E-state index in [4.69, 9.17) is 19.9 Å². The molecule has 1 heterocycles. The number of nitrogens with two attached hydrogens (primary N) is 1. The van der Waals surface area contributed by atoms with E-state index in [0.29, 0.717) is 0 Å². The summed E-state index contributed by atoms with van der Waals surface area (Å²) < 4.78 is 49.2. The molecule has 0 spiro atoms. The first-order valence-corrected chi connectivity index (χ1v) is 17.8. The predicted molar refractivity (Wildman–Crippen MR) is 184 cm³/mol. The number of carbonyl (C=O) groups excluding carboxylic acids is 3. The number of ketones is 3. The molecule has 1 fully saturated rings. The Bertz CT molecular complexity index is 2240. The average molecular weight is 751 g/mol. The molecular formula is C37H36NO14S-. The molecule has 4 aromatic rings. The van der Waals surface area contributed by atoms with Crippen LogP contribution in [-0.4, -0.2) is 99.7 Å².